The lowest BCUT2D eigenvalue weighted by Gasteiger charge is -2.14. The first kappa shape index (κ1) is 23.9. The monoisotopic (exact) mass is 466 g/mol. The Bertz CT molecular complexity index is 1160. The van der Waals surface area contributed by atoms with Crippen LogP contribution in [-0.2, 0) is 20.9 Å². The van der Waals surface area contributed by atoms with Crippen LogP contribution < -0.4 is 16.0 Å². The van der Waals surface area contributed by atoms with E-state index in [-0.39, 0.29) is 24.7 Å². The minimum Gasteiger partial charge on any atom is -0.469 e. The molecule has 172 valence electrons. The summed E-state index contributed by atoms with van der Waals surface area (Å²) >= 11 is 1.32. The number of benzene rings is 2. The Morgan fingerprint density at radius 2 is 1.79 bits per heavy atom. The van der Waals surface area contributed by atoms with Gasteiger partial charge in [-0.2, -0.15) is 0 Å². The molecule has 3 rings (SSSR count). The molecule has 33 heavy (non-hydrogen) atoms. The molecule has 0 aliphatic rings. The van der Waals surface area contributed by atoms with Crippen molar-refractivity contribution in [1.29, 1.82) is 0 Å². The van der Waals surface area contributed by atoms with Gasteiger partial charge in [-0.05, 0) is 43.2 Å². The zero-order chi connectivity index (χ0) is 23.8. The number of anilines is 3. The van der Waals surface area contributed by atoms with Gasteiger partial charge in [0.25, 0.3) is 5.91 Å². The van der Waals surface area contributed by atoms with Gasteiger partial charge in [-0.25, -0.2) is 4.98 Å². The van der Waals surface area contributed by atoms with E-state index in [0.717, 1.165) is 22.5 Å². The molecule has 0 radical (unpaired) electrons. The molecule has 3 aromatic rings. The Morgan fingerprint density at radius 3 is 2.48 bits per heavy atom. The second-order valence-corrected chi connectivity index (χ2v) is 8.28. The number of hydrogen-bond acceptors (Lipinski definition) is 7. The second-order valence-electron chi connectivity index (χ2n) is 7.42. The molecule has 3 N–H and O–H groups in total. The molecule has 0 saturated heterocycles. The number of rotatable bonds is 9. The topological polar surface area (TPSA) is 109 Å². The molecule has 0 saturated carbocycles. The molecule has 9 heteroatoms. The normalized spacial score (nSPS) is 10.4. The van der Waals surface area contributed by atoms with Crippen molar-refractivity contribution < 1.29 is 19.1 Å². The van der Waals surface area contributed by atoms with Crippen molar-refractivity contribution in [1.82, 2.24) is 4.98 Å². The Morgan fingerprint density at radius 1 is 1.00 bits per heavy atom. The molecular formula is C24H26N4O4S. The third-order valence-electron chi connectivity index (χ3n) is 4.85. The maximum Gasteiger partial charge on any atom is 0.306 e. The van der Waals surface area contributed by atoms with Gasteiger partial charge in [-0.1, -0.05) is 24.3 Å². The number of ether oxygens (including phenoxy) is 1. The molecule has 0 fully saturated rings. The fourth-order valence-electron chi connectivity index (χ4n) is 3.08. The van der Waals surface area contributed by atoms with Crippen LogP contribution in [0.25, 0.3) is 0 Å². The summed E-state index contributed by atoms with van der Waals surface area (Å²) in [7, 11) is 1.27. The lowest BCUT2D eigenvalue weighted by Crippen LogP contribution is -2.19. The number of thiazole rings is 1. The van der Waals surface area contributed by atoms with Gasteiger partial charge in [0, 0.05) is 24.0 Å². The van der Waals surface area contributed by atoms with Crippen molar-refractivity contribution in [2.75, 3.05) is 23.1 Å². The number of nitrogens with one attached hydrogen (secondary N) is 3. The quantitative estimate of drug-likeness (QED) is 0.400. The zero-order valence-electron chi connectivity index (χ0n) is 18.7. The first-order chi connectivity index (χ1) is 15.9. The summed E-state index contributed by atoms with van der Waals surface area (Å²) in [5.74, 6) is -1.24. The summed E-state index contributed by atoms with van der Waals surface area (Å²) in [6, 6.07) is 13.2. The van der Waals surface area contributed by atoms with Crippen molar-refractivity contribution in [2.24, 2.45) is 0 Å². The number of carbonyl (C=O) groups is 3. The number of aryl methyl sites for hydroxylation is 2. The Hall–Kier alpha value is -3.72. The van der Waals surface area contributed by atoms with Crippen LogP contribution in [0.4, 0.5) is 16.5 Å². The molecule has 2 amide bonds. The minimum absolute atomic E-state index is 0.0449. The van der Waals surface area contributed by atoms with Crippen LogP contribution in [0.15, 0.2) is 47.8 Å². The number of amides is 2. The summed E-state index contributed by atoms with van der Waals surface area (Å²) in [5.41, 5.74) is 4.46. The molecule has 2 aromatic carbocycles. The number of aromatic nitrogens is 1. The van der Waals surface area contributed by atoms with Crippen LogP contribution >= 0.6 is 11.3 Å². The largest absolute Gasteiger partial charge is 0.469 e. The van der Waals surface area contributed by atoms with Crippen molar-refractivity contribution in [2.45, 2.75) is 33.2 Å². The Kier molecular flexibility index (Phi) is 8.15. The number of hydrogen-bond donors (Lipinski definition) is 3. The molecule has 1 heterocycles. The summed E-state index contributed by atoms with van der Waals surface area (Å²) in [6.45, 7) is 4.36. The fourth-order valence-corrected chi connectivity index (χ4v) is 3.76. The molecular weight excluding hydrogens is 440 g/mol. The second kappa shape index (κ2) is 11.2. The number of esters is 1. The van der Waals surface area contributed by atoms with Gasteiger partial charge < -0.3 is 15.4 Å². The van der Waals surface area contributed by atoms with E-state index < -0.39 is 5.97 Å². The van der Waals surface area contributed by atoms with E-state index in [1.165, 1.54) is 18.4 Å². The number of nitrogens with zero attached hydrogens (tertiary/aromatic N) is 1. The molecule has 0 atom stereocenters. The van der Waals surface area contributed by atoms with Crippen LogP contribution in [0.5, 0.6) is 0 Å². The van der Waals surface area contributed by atoms with Gasteiger partial charge in [0.2, 0.25) is 5.91 Å². The predicted octanol–water partition coefficient (Wildman–Crippen LogP) is 4.52. The smallest absolute Gasteiger partial charge is 0.306 e. The van der Waals surface area contributed by atoms with Gasteiger partial charge >= 0.3 is 5.97 Å². The minimum atomic E-state index is -0.474. The van der Waals surface area contributed by atoms with Crippen molar-refractivity contribution in [3.8, 4) is 0 Å². The van der Waals surface area contributed by atoms with E-state index >= 15 is 0 Å². The highest BCUT2D eigenvalue weighted by molar-refractivity contribution is 7.13. The van der Waals surface area contributed by atoms with Crippen LogP contribution in [-0.4, -0.2) is 29.9 Å². The first-order valence-electron chi connectivity index (χ1n) is 10.4. The third kappa shape index (κ3) is 6.88. The highest BCUT2D eigenvalue weighted by atomic mass is 32.1. The van der Waals surface area contributed by atoms with Gasteiger partial charge in [0.1, 0.15) is 0 Å². The Labute approximate surface area is 196 Å². The zero-order valence-corrected chi connectivity index (χ0v) is 19.5. The van der Waals surface area contributed by atoms with E-state index in [1.807, 2.05) is 49.6 Å². The standard InChI is InChI=1S/C24H26N4O4S/c1-15-6-4-5-7-19(15)25-13-17-8-9-18(23(31)28-24-26-16(2)14-33-24)20(12-17)27-21(29)10-11-22(30)32-3/h4-9,12,14,25H,10-11,13H2,1-3H3,(H,27,29)(H,26,28,31). The maximum atomic E-state index is 12.9. The van der Waals surface area contributed by atoms with E-state index in [2.05, 4.69) is 25.7 Å². The maximum absolute atomic E-state index is 12.9. The molecule has 1 aromatic heterocycles. The van der Waals surface area contributed by atoms with Crippen molar-refractivity contribution >= 4 is 45.6 Å². The number of methoxy groups -OCH3 is 1. The van der Waals surface area contributed by atoms with Gasteiger partial charge in [0.15, 0.2) is 5.13 Å². The average molecular weight is 467 g/mol. The van der Waals surface area contributed by atoms with Crippen LogP contribution in [0, 0.1) is 13.8 Å². The van der Waals surface area contributed by atoms with E-state index in [0.29, 0.717) is 22.9 Å². The summed E-state index contributed by atoms with van der Waals surface area (Å²) in [6.07, 6.45) is -0.0954. The van der Waals surface area contributed by atoms with Gasteiger partial charge in [-0.3, -0.25) is 19.7 Å². The third-order valence-corrected chi connectivity index (χ3v) is 5.73. The number of para-hydroxylation sites is 1. The number of carbonyl (C=O) groups excluding carboxylic acids is 3. The van der Waals surface area contributed by atoms with Crippen LogP contribution in [0.3, 0.4) is 0 Å². The lowest BCUT2D eigenvalue weighted by atomic mass is 10.1. The molecule has 0 bridgehead atoms. The SMILES string of the molecule is COC(=O)CCC(=O)Nc1cc(CNc2ccccc2C)ccc1C(=O)Nc1nc(C)cs1. The highest BCUT2D eigenvalue weighted by Crippen LogP contribution is 2.23. The van der Waals surface area contributed by atoms with E-state index in [9.17, 15) is 14.4 Å². The highest BCUT2D eigenvalue weighted by Gasteiger charge is 2.17. The summed E-state index contributed by atoms with van der Waals surface area (Å²) in [4.78, 5) is 40.9. The van der Waals surface area contributed by atoms with Crippen LogP contribution in [0.1, 0.15) is 40.0 Å². The first-order valence-corrected chi connectivity index (χ1v) is 11.3. The average Bonchev–Trinajstić information content (AvgIpc) is 3.21. The molecule has 0 aliphatic carbocycles. The summed E-state index contributed by atoms with van der Waals surface area (Å²) in [5, 5.41) is 11.2. The van der Waals surface area contributed by atoms with Gasteiger partial charge in [0.05, 0.1) is 30.5 Å². The van der Waals surface area contributed by atoms with E-state index in [4.69, 9.17) is 0 Å². The molecule has 0 unspecified atom stereocenters. The fraction of sp³-hybridized carbons (Fsp3) is 0.250. The predicted molar refractivity (Wildman–Crippen MR) is 130 cm³/mol. The molecule has 0 aliphatic heterocycles. The molecule has 8 nitrogen and oxygen atoms in total. The molecule has 0 spiro atoms. The van der Waals surface area contributed by atoms with Crippen LogP contribution in [0.2, 0.25) is 0 Å². The van der Waals surface area contributed by atoms with E-state index in [1.54, 1.807) is 12.1 Å². The van der Waals surface area contributed by atoms with Gasteiger partial charge in [-0.15, -0.1) is 11.3 Å². The Balaban J connectivity index is 1.79. The lowest BCUT2D eigenvalue weighted by molar-refractivity contribution is -0.141. The summed E-state index contributed by atoms with van der Waals surface area (Å²) < 4.78 is 4.59. The van der Waals surface area contributed by atoms with Crippen molar-refractivity contribution in [3.63, 3.8) is 0 Å². The van der Waals surface area contributed by atoms with Crippen molar-refractivity contribution in [3.05, 3.63) is 70.2 Å².